The van der Waals surface area contributed by atoms with Crippen molar-refractivity contribution in [3.63, 3.8) is 0 Å². The predicted octanol–water partition coefficient (Wildman–Crippen LogP) is 4.71. The Morgan fingerprint density at radius 3 is 2.04 bits per heavy atom. The second kappa shape index (κ2) is 8.63. The Morgan fingerprint density at radius 1 is 1.00 bits per heavy atom. The number of anilines is 2. The molecule has 0 radical (unpaired) electrons. The third kappa shape index (κ3) is 5.70. The molecule has 2 aromatic rings. The molecule has 5 heteroatoms. The van der Waals surface area contributed by atoms with Crippen molar-refractivity contribution in [2.75, 3.05) is 17.2 Å². The Balaban J connectivity index is 1.96. The number of rotatable bonds is 5. The molecule has 0 fully saturated rings. The van der Waals surface area contributed by atoms with Gasteiger partial charge in [0.15, 0.2) is 5.11 Å². The Kier molecular flexibility index (Phi) is 6.52. The SMILES string of the molecule is C=CCNC(=S)Nc1ccc(NC(=O)c2ccc(C(C)(C)C)cc2)cc1. The number of benzene rings is 2. The predicted molar refractivity (Wildman–Crippen MR) is 114 cm³/mol. The lowest BCUT2D eigenvalue weighted by Gasteiger charge is -2.19. The molecule has 2 rings (SSSR count). The van der Waals surface area contributed by atoms with Crippen LogP contribution in [0.3, 0.4) is 0 Å². The second-order valence-corrected chi connectivity index (χ2v) is 7.39. The van der Waals surface area contributed by atoms with Gasteiger partial charge in [0.2, 0.25) is 0 Å². The Bertz CT molecular complexity index is 774. The molecule has 0 atom stereocenters. The minimum absolute atomic E-state index is 0.0684. The van der Waals surface area contributed by atoms with Gasteiger partial charge in [-0.15, -0.1) is 6.58 Å². The average Bonchev–Trinajstić information content (AvgIpc) is 2.61. The van der Waals surface area contributed by atoms with E-state index in [1.54, 1.807) is 6.08 Å². The van der Waals surface area contributed by atoms with Crippen LogP contribution < -0.4 is 16.0 Å². The Morgan fingerprint density at radius 2 is 1.54 bits per heavy atom. The highest BCUT2D eigenvalue weighted by atomic mass is 32.1. The summed E-state index contributed by atoms with van der Waals surface area (Å²) in [7, 11) is 0. The summed E-state index contributed by atoms with van der Waals surface area (Å²) >= 11 is 5.16. The van der Waals surface area contributed by atoms with Crippen molar-refractivity contribution in [1.29, 1.82) is 0 Å². The molecule has 0 aliphatic carbocycles. The molecule has 0 bridgehead atoms. The van der Waals surface area contributed by atoms with E-state index < -0.39 is 0 Å². The van der Waals surface area contributed by atoms with Gasteiger partial charge in [-0.25, -0.2) is 0 Å². The van der Waals surface area contributed by atoms with Gasteiger partial charge in [0.05, 0.1) is 0 Å². The second-order valence-electron chi connectivity index (χ2n) is 6.98. The number of thiocarbonyl (C=S) groups is 1. The number of amides is 1. The first-order chi connectivity index (χ1) is 12.3. The highest BCUT2D eigenvalue weighted by Crippen LogP contribution is 2.22. The number of hydrogen-bond donors (Lipinski definition) is 3. The summed E-state index contributed by atoms with van der Waals surface area (Å²) in [6.07, 6.45) is 1.74. The van der Waals surface area contributed by atoms with Crippen molar-refractivity contribution in [1.82, 2.24) is 5.32 Å². The zero-order chi connectivity index (χ0) is 19.2. The fraction of sp³-hybridized carbons (Fsp3) is 0.238. The number of nitrogens with one attached hydrogen (secondary N) is 3. The van der Waals surface area contributed by atoms with E-state index in [1.165, 1.54) is 5.56 Å². The topological polar surface area (TPSA) is 53.2 Å². The molecule has 0 aliphatic rings. The summed E-state index contributed by atoms with van der Waals surface area (Å²) in [5.41, 5.74) is 3.48. The van der Waals surface area contributed by atoms with Crippen LogP contribution in [0.4, 0.5) is 11.4 Å². The summed E-state index contributed by atoms with van der Waals surface area (Å²) < 4.78 is 0. The molecule has 136 valence electrons. The van der Waals surface area contributed by atoms with Crippen molar-refractivity contribution in [3.8, 4) is 0 Å². The smallest absolute Gasteiger partial charge is 0.255 e. The Hall–Kier alpha value is -2.66. The fourth-order valence-corrected chi connectivity index (χ4v) is 2.50. The summed E-state index contributed by atoms with van der Waals surface area (Å²) in [4.78, 5) is 12.4. The molecular weight excluding hydrogens is 342 g/mol. The quantitative estimate of drug-likeness (QED) is 0.529. The molecule has 2 aromatic carbocycles. The molecule has 0 heterocycles. The number of carbonyl (C=O) groups excluding carboxylic acids is 1. The van der Waals surface area contributed by atoms with Crippen LogP contribution in [-0.2, 0) is 5.41 Å². The van der Waals surface area contributed by atoms with Crippen LogP contribution in [0.1, 0.15) is 36.7 Å². The van der Waals surface area contributed by atoms with Crippen LogP contribution in [0.15, 0.2) is 61.2 Å². The largest absolute Gasteiger partial charge is 0.359 e. The summed E-state index contributed by atoms with van der Waals surface area (Å²) in [6.45, 7) is 10.7. The molecule has 0 saturated heterocycles. The van der Waals surface area contributed by atoms with Crippen LogP contribution in [0.5, 0.6) is 0 Å². The molecule has 3 N–H and O–H groups in total. The molecule has 0 saturated carbocycles. The van der Waals surface area contributed by atoms with Gasteiger partial charge in [-0.1, -0.05) is 39.0 Å². The van der Waals surface area contributed by atoms with Crippen LogP contribution in [0, 0.1) is 0 Å². The van der Waals surface area contributed by atoms with Gasteiger partial charge in [0.25, 0.3) is 5.91 Å². The number of carbonyl (C=O) groups is 1. The first kappa shape index (κ1) is 19.7. The molecular formula is C21H25N3OS. The van der Waals surface area contributed by atoms with Crippen molar-refractivity contribution in [2.24, 2.45) is 0 Å². The van der Waals surface area contributed by atoms with E-state index in [0.717, 1.165) is 11.4 Å². The van der Waals surface area contributed by atoms with Crippen LogP contribution >= 0.6 is 12.2 Å². The maximum Gasteiger partial charge on any atom is 0.255 e. The van der Waals surface area contributed by atoms with Gasteiger partial charge in [0, 0.05) is 23.5 Å². The maximum atomic E-state index is 12.4. The van der Waals surface area contributed by atoms with Gasteiger partial charge in [-0.05, 0) is 59.6 Å². The van der Waals surface area contributed by atoms with Crippen molar-refractivity contribution in [2.45, 2.75) is 26.2 Å². The normalized spacial score (nSPS) is 10.7. The molecule has 1 amide bonds. The van der Waals surface area contributed by atoms with Gasteiger partial charge in [0.1, 0.15) is 0 Å². The van der Waals surface area contributed by atoms with Gasteiger partial charge >= 0.3 is 0 Å². The maximum absolute atomic E-state index is 12.4. The molecule has 0 spiro atoms. The first-order valence-electron chi connectivity index (χ1n) is 8.47. The van der Waals surface area contributed by atoms with E-state index in [4.69, 9.17) is 12.2 Å². The lowest BCUT2D eigenvalue weighted by molar-refractivity contribution is 0.102. The zero-order valence-electron chi connectivity index (χ0n) is 15.4. The zero-order valence-corrected chi connectivity index (χ0v) is 16.2. The molecule has 0 unspecified atom stereocenters. The van der Waals surface area contributed by atoms with Gasteiger partial charge in [-0.3, -0.25) is 4.79 Å². The average molecular weight is 368 g/mol. The molecule has 26 heavy (non-hydrogen) atoms. The van der Waals surface area contributed by atoms with E-state index in [9.17, 15) is 4.79 Å². The molecule has 4 nitrogen and oxygen atoms in total. The third-order valence-electron chi connectivity index (χ3n) is 3.82. The first-order valence-corrected chi connectivity index (χ1v) is 8.88. The van der Waals surface area contributed by atoms with E-state index in [2.05, 4.69) is 43.3 Å². The van der Waals surface area contributed by atoms with Crippen molar-refractivity contribution in [3.05, 3.63) is 72.3 Å². The minimum Gasteiger partial charge on any atom is -0.359 e. The van der Waals surface area contributed by atoms with Crippen LogP contribution in [0.2, 0.25) is 0 Å². The third-order valence-corrected chi connectivity index (χ3v) is 4.07. The number of hydrogen-bond acceptors (Lipinski definition) is 2. The lowest BCUT2D eigenvalue weighted by Crippen LogP contribution is -2.28. The standard InChI is InChI=1S/C21H25N3OS/c1-5-14-22-20(26)24-18-12-10-17(11-13-18)23-19(25)15-6-8-16(9-7-15)21(2,3)4/h5-13H,1,14H2,2-4H3,(H,23,25)(H2,22,24,26). The summed E-state index contributed by atoms with van der Waals surface area (Å²) in [6, 6.07) is 15.1. The minimum atomic E-state index is -0.130. The molecule has 0 aromatic heterocycles. The monoisotopic (exact) mass is 367 g/mol. The molecule has 0 aliphatic heterocycles. The van der Waals surface area contributed by atoms with Gasteiger partial charge < -0.3 is 16.0 Å². The lowest BCUT2D eigenvalue weighted by atomic mass is 9.87. The van der Waals surface area contributed by atoms with Crippen molar-refractivity contribution >= 4 is 34.6 Å². The van der Waals surface area contributed by atoms with Crippen molar-refractivity contribution < 1.29 is 4.79 Å². The van der Waals surface area contributed by atoms with Gasteiger partial charge in [-0.2, -0.15) is 0 Å². The van der Waals surface area contributed by atoms with Crippen LogP contribution in [-0.4, -0.2) is 17.6 Å². The highest BCUT2D eigenvalue weighted by Gasteiger charge is 2.14. The van der Waals surface area contributed by atoms with E-state index in [0.29, 0.717) is 17.2 Å². The van der Waals surface area contributed by atoms with E-state index >= 15 is 0 Å². The van der Waals surface area contributed by atoms with Crippen LogP contribution in [0.25, 0.3) is 0 Å². The highest BCUT2D eigenvalue weighted by molar-refractivity contribution is 7.80. The van der Waals surface area contributed by atoms with E-state index in [-0.39, 0.29) is 11.3 Å². The fourth-order valence-electron chi connectivity index (χ4n) is 2.30. The van der Waals surface area contributed by atoms with E-state index in [1.807, 2.05) is 48.5 Å². The summed E-state index contributed by atoms with van der Waals surface area (Å²) in [5, 5.41) is 9.50. The summed E-state index contributed by atoms with van der Waals surface area (Å²) in [5.74, 6) is -0.130. The Labute approximate surface area is 160 Å².